The van der Waals surface area contributed by atoms with Crippen molar-refractivity contribution in [3.05, 3.63) is 67.5 Å². The molecule has 0 amide bonds. The SMILES string of the molecule is C[Si](C)=[Zr+2].ClC1=C2[C-]=CC=C2C(Cl)S1.ClC1=C2[C-]=CC=C2C(Cl)S1.[Cl-].[Cl-]. The Morgan fingerprint density at radius 3 is 1.46 bits per heavy atom. The largest absolute Gasteiger partial charge is 1.00 e. The zero-order valence-electron chi connectivity index (χ0n) is 13.5. The van der Waals surface area contributed by atoms with E-state index in [9.17, 15) is 0 Å². The van der Waals surface area contributed by atoms with Crippen molar-refractivity contribution in [2.45, 2.75) is 22.5 Å². The molecule has 4 aliphatic rings. The molecule has 2 aliphatic carbocycles. The summed E-state index contributed by atoms with van der Waals surface area (Å²) in [5, 5.41) is 0. The van der Waals surface area contributed by atoms with E-state index in [1.807, 2.05) is 24.3 Å². The van der Waals surface area contributed by atoms with Crippen molar-refractivity contribution >= 4 is 75.4 Å². The van der Waals surface area contributed by atoms with E-state index in [1.54, 1.807) is 23.3 Å². The Morgan fingerprint density at radius 1 is 0.885 bits per heavy atom. The number of alkyl halides is 2. The van der Waals surface area contributed by atoms with Gasteiger partial charge >= 0.3 is 41.9 Å². The molecular formula is C16H12Cl6S2SiZr-2. The molecule has 0 aromatic heterocycles. The second-order valence-corrected chi connectivity index (χ2v) is 19.2. The topological polar surface area (TPSA) is 0 Å². The van der Waals surface area contributed by atoms with Gasteiger partial charge in [-0.1, -0.05) is 0 Å². The minimum Gasteiger partial charge on any atom is -1.00 e. The van der Waals surface area contributed by atoms with Crippen LogP contribution in [0.25, 0.3) is 0 Å². The van der Waals surface area contributed by atoms with Crippen LogP contribution in [-0.4, -0.2) is 14.9 Å². The Bertz CT molecular complexity index is 679. The maximum absolute atomic E-state index is 5.92. The van der Waals surface area contributed by atoms with Gasteiger partial charge in [-0.05, 0) is 8.73 Å². The third-order valence-corrected chi connectivity index (χ3v) is 6.52. The molecule has 0 aromatic rings. The normalized spacial score (nSPS) is 23.7. The van der Waals surface area contributed by atoms with Gasteiger partial charge in [0.2, 0.25) is 0 Å². The fraction of sp³-hybridized carbons (Fsp3) is 0.250. The van der Waals surface area contributed by atoms with Crippen LogP contribution in [0.4, 0.5) is 0 Å². The molecule has 2 heterocycles. The van der Waals surface area contributed by atoms with E-state index in [4.69, 9.17) is 46.4 Å². The Balaban J connectivity index is 0.000000378. The molecular weight excluding hydrogens is 588 g/mol. The van der Waals surface area contributed by atoms with Crippen molar-refractivity contribution in [2.75, 3.05) is 0 Å². The summed E-state index contributed by atoms with van der Waals surface area (Å²) < 4.78 is 1.52. The van der Waals surface area contributed by atoms with Gasteiger partial charge < -0.3 is 24.8 Å². The molecule has 0 bridgehead atoms. The Kier molecular flexibility index (Phi) is 14.3. The van der Waals surface area contributed by atoms with Crippen molar-refractivity contribution in [1.82, 2.24) is 0 Å². The van der Waals surface area contributed by atoms with E-state index in [0.717, 1.165) is 31.0 Å². The number of allylic oxidation sites excluding steroid dienone is 8. The summed E-state index contributed by atoms with van der Waals surface area (Å²) in [6.07, 6.45) is 13.7. The average Bonchev–Trinajstić information content (AvgIpc) is 3.21. The number of hydrogen-bond donors (Lipinski definition) is 0. The molecule has 0 nitrogen and oxygen atoms in total. The average molecular weight is 600 g/mol. The quantitative estimate of drug-likeness (QED) is 0.230. The number of halogens is 6. The summed E-state index contributed by atoms with van der Waals surface area (Å²) in [6.45, 7) is 4.62. The molecule has 4 rings (SSSR count). The van der Waals surface area contributed by atoms with Crippen molar-refractivity contribution in [3.63, 3.8) is 0 Å². The van der Waals surface area contributed by atoms with Crippen LogP contribution in [0.5, 0.6) is 0 Å². The molecule has 0 saturated heterocycles. The summed E-state index contributed by atoms with van der Waals surface area (Å²) in [6, 6.07) is 0. The van der Waals surface area contributed by atoms with Gasteiger partial charge in [-0.3, -0.25) is 0 Å². The molecule has 0 saturated carbocycles. The monoisotopic (exact) mass is 596 g/mol. The summed E-state index contributed by atoms with van der Waals surface area (Å²) in [5.74, 6) is 0. The zero-order valence-corrected chi connectivity index (χ0v) is 23.2. The van der Waals surface area contributed by atoms with Gasteiger partial charge in [0.1, 0.15) is 0 Å². The van der Waals surface area contributed by atoms with Crippen molar-refractivity contribution < 1.29 is 48.1 Å². The summed E-state index contributed by atoms with van der Waals surface area (Å²) in [4.78, 5) is 0. The van der Waals surface area contributed by atoms with E-state index in [2.05, 4.69) is 25.2 Å². The first-order valence-corrected chi connectivity index (χ1v) is 16.4. The number of hydrogen-bond acceptors (Lipinski definition) is 2. The third-order valence-electron chi connectivity index (χ3n) is 2.85. The predicted molar refractivity (Wildman–Crippen MR) is 109 cm³/mol. The Labute approximate surface area is 211 Å². The standard InChI is InChI=1S/2C7H3Cl2S.C2H6Si.2ClH.Zr/c2*8-6-4-2-1-3-5(4)7(9)10-6;1-3-2;;;/h2*1-2,6H;1-2H3;2*1H;/q2*-1;;;;+2/p-2. The van der Waals surface area contributed by atoms with Gasteiger partial charge in [0.25, 0.3) is 0 Å². The van der Waals surface area contributed by atoms with Crippen molar-refractivity contribution in [3.8, 4) is 0 Å². The second-order valence-electron chi connectivity index (χ2n) is 5.03. The van der Waals surface area contributed by atoms with Gasteiger partial charge in [-0.25, -0.2) is 0 Å². The second kappa shape index (κ2) is 13.3. The molecule has 10 heteroatoms. The van der Waals surface area contributed by atoms with Crippen LogP contribution >= 0.6 is 69.9 Å². The Morgan fingerprint density at radius 2 is 1.19 bits per heavy atom. The zero-order chi connectivity index (χ0) is 17.9. The molecule has 0 radical (unpaired) electrons. The van der Waals surface area contributed by atoms with E-state index in [0.29, 0.717) is 0 Å². The van der Waals surface area contributed by atoms with Crippen LogP contribution in [0, 0.1) is 12.2 Å². The first-order valence-electron chi connectivity index (χ1n) is 6.84. The van der Waals surface area contributed by atoms with Gasteiger partial charge in [-0.2, -0.15) is 47.8 Å². The van der Waals surface area contributed by atoms with E-state index < -0.39 is 0 Å². The third kappa shape index (κ3) is 7.67. The number of thioether (sulfide) groups is 2. The molecule has 140 valence electrons. The molecule has 0 fully saturated rings. The van der Waals surface area contributed by atoms with E-state index >= 15 is 0 Å². The summed E-state index contributed by atoms with van der Waals surface area (Å²) >= 11 is 28.2. The first-order chi connectivity index (χ1) is 11.3. The van der Waals surface area contributed by atoms with Crippen LogP contribution in [0.15, 0.2) is 55.3 Å². The van der Waals surface area contributed by atoms with E-state index in [1.165, 1.54) is 23.5 Å². The minimum atomic E-state index is -0.00579. The Hall–Kier alpha value is 1.98. The molecule has 0 aromatic carbocycles. The van der Waals surface area contributed by atoms with Gasteiger partial charge in [0, 0.05) is 0 Å². The predicted octanol–water partition coefficient (Wildman–Crippen LogP) is 0.888. The molecule has 2 aliphatic heterocycles. The van der Waals surface area contributed by atoms with Crippen molar-refractivity contribution in [1.29, 1.82) is 0 Å². The van der Waals surface area contributed by atoms with Crippen LogP contribution in [-0.2, 0) is 23.3 Å². The van der Waals surface area contributed by atoms with Crippen LogP contribution in [0.2, 0.25) is 13.1 Å². The fourth-order valence-electron chi connectivity index (χ4n) is 1.91. The van der Waals surface area contributed by atoms with Crippen LogP contribution < -0.4 is 24.8 Å². The van der Waals surface area contributed by atoms with Gasteiger partial charge in [-0.15, -0.1) is 80.8 Å². The minimum absolute atomic E-state index is 0. The first kappa shape index (κ1) is 28.0. The van der Waals surface area contributed by atoms with Crippen LogP contribution in [0.3, 0.4) is 0 Å². The number of fused-ring (bicyclic) bond motifs is 2. The maximum Gasteiger partial charge on any atom is 0.0598 e. The fourth-order valence-corrected chi connectivity index (χ4v) is 5.54. The van der Waals surface area contributed by atoms with Crippen LogP contribution in [0.1, 0.15) is 0 Å². The molecule has 2 atom stereocenters. The number of rotatable bonds is 0. The summed E-state index contributed by atoms with van der Waals surface area (Å²) in [7, 11) is 0. The maximum atomic E-state index is 5.92. The van der Waals surface area contributed by atoms with Gasteiger partial charge in [0.15, 0.2) is 0 Å². The summed E-state index contributed by atoms with van der Waals surface area (Å²) in [5.41, 5.74) is 4.36. The molecule has 0 spiro atoms. The molecule has 0 N–H and O–H groups in total. The van der Waals surface area contributed by atoms with Crippen molar-refractivity contribution in [2.24, 2.45) is 0 Å². The smallest absolute Gasteiger partial charge is 0.0598 e. The molecule has 26 heavy (non-hydrogen) atoms. The molecule has 2 unspecified atom stereocenters. The van der Waals surface area contributed by atoms with Gasteiger partial charge in [0.05, 0.1) is 9.42 Å². The van der Waals surface area contributed by atoms with E-state index in [-0.39, 0.29) is 39.7 Å².